The number of aromatic nitrogens is 2. The minimum Gasteiger partial charge on any atom is -0.481 e. The zero-order chi connectivity index (χ0) is 22.3. The number of hydrogen-bond donors (Lipinski definition) is 2. The van der Waals surface area contributed by atoms with E-state index in [0.717, 1.165) is 0 Å². The molecule has 1 heterocycles. The van der Waals surface area contributed by atoms with Crippen LogP contribution in [-0.4, -0.2) is 40.9 Å². The maximum absolute atomic E-state index is 13.6. The Morgan fingerprint density at radius 2 is 1.90 bits per heavy atom. The SMILES string of the molecule is CCO[C@H](c1ccc(C(CC)CC(=O)O)cc1Nc1cnc(OC)nc1)C(F)(F)F. The number of methoxy groups -OCH3 is 1. The van der Waals surface area contributed by atoms with Gasteiger partial charge in [0.25, 0.3) is 0 Å². The van der Waals surface area contributed by atoms with Gasteiger partial charge in [0.15, 0.2) is 6.10 Å². The molecule has 164 valence electrons. The second-order valence-corrected chi connectivity index (χ2v) is 6.51. The number of nitrogens with zero attached hydrogens (tertiary/aromatic N) is 2. The summed E-state index contributed by atoms with van der Waals surface area (Å²) < 4.78 is 50.8. The van der Waals surface area contributed by atoms with Gasteiger partial charge < -0.3 is 19.9 Å². The van der Waals surface area contributed by atoms with Gasteiger partial charge in [0, 0.05) is 17.9 Å². The van der Waals surface area contributed by atoms with E-state index in [1.807, 2.05) is 6.92 Å². The monoisotopic (exact) mass is 427 g/mol. The largest absolute Gasteiger partial charge is 0.481 e. The molecule has 0 spiro atoms. The highest BCUT2D eigenvalue weighted by Gasteiger charge is 2.43. The second-order valence-electron chi connectivity index (χ2n) is 6.51. The van der Waals surface area contributed by atoms with E-state index < -0.39 is 18.2 Å². The smallest absolute Gasteiger partial charge is 0.418 e. The standard InChI is InChI=1S/C20H24F3N3O4/c1-4-12(9-17(27)28)13-6-7-15(18(30-5-2)20(21,22)23)16(8-13)26-14-10-24-19(29-3)25-11-14/h6-8,10-12,18,26H,4-5,9H2,1-3H3,(H,27,28)/t12?,18-/m1/s1. The molecule has 2 N–H and O–H groups in total. The molecule has 0 bridgehead atoms. The molecule has 0 saturated carbocycles. The quantitative estimate of drug-likeness (QED) is 0.560. The van der Waals surface area contributed by atoms with Crippen LogP contribution in [0.5, 0.6) is 6.01 Å². The highest BCUT2D eigenvalue weighted by molar-refractivity contribution is 5.69. The van der Waals surface area contributed by atoms with Crippen LogP contribution in [0.4, 0.5) is 24.5 Å². The summed E-state index contributed by atoms with van der Waals surface area (Å²) in [6, 6.07) is 4.47. The van der Waals surface area contributed by atoms with Crippen molar-refractivity contribution in [1.29, 1.82) is 0 Å². The topological polar surface area (TPSA) is 93.6 Å². The second kappa shape index (κ2) is 10.2. The normalized spacial score (nSPS) is 13.5. The average molecular weight is 427 g/mol. The molecule has 10 heteroatoms. The maximum Gasteiger partial charge on any atom is 0.418 e. The van der Waals surface area contributed by atoms with Gasteiger partial charge >= 0.3 is 18.2 Å². The zero-order valence-electron chi connectivity index (χ0n) is 16.9. The number of halogens is 3. The zero-order valence-corrected chi connectivity index (χ0v) is 16.9. The van der Waals surface area contributed by atoms with Crippen LogP contribution in [0.1, 0.15) is 49.8 Å². The van der Waals surface area contributed by atoms with E-state index in [1.165, 1.54) is 44.6 Å². The van der Waals surface area contributed by atoms with Crippen molar-refractivity contribution in [2.45, 2.75) is 44.9 Å². The van der Waals surface area contributed by atoms with Gasteiger partial charge in [0.1, 0.15) is 0 Å². The van der Waals surface area contributed by atoms with E-state index in [9.17, 15) is 18.0 Å². The highest BCUT2D eigenvalue weighted by atomic mass is 19.4. The Balaban J connectivity index is 2.52. The summed E-state index contributed by atoms with van der Waals surface area (Å²) in [5, 5.41) is 12.0. The van der Waals surface area contributed by atoms with Crippen molar-refractivity contribution in [2.75, 3.05) is 19.0 Å². The van der Waals surface area contributed by atoms with Crippen molar-refractivity contribution in [2.24, 2.45) is 0 Å². The summed E-state index contributed by atoms with van der Waals surface area (Å²) in [6.07, 6.45) is -3.63. The summed E-state index contributed by atoms with van der Waals surface area (Å²) >= 11 is 0. The molecule has 1 aromatic heterocycles. The Kier molecular flexibility index (Phi) is 7.99. The number of carboxylic acid groups (broad SMARTS) is 1. The third-order valence-corrected chi connectivity index (χ3v) is 4.47. The van der Waals surface area contributed by atoms with Crippen molar-refractivity contribution in [3.05, 3.63) is 41.7 Å². The lowest BCUT2D eigenvalue weighted by Crippen LogP contribution is -2.24. The minimum atomic E-state index is -4.63. The van der Waals surface area contributed by atoms with Gasteiger partial charge in [0.05, 0.1) is 31.6 Å². The Labute approximate surface area is 172 Å². The Hall–Kier alpha value is -2.88. The molecule has 0 saturated heterocycles. The highest BCUT2D eigenvalue weighted by Crippen LogP contribution is 2.41. The summed E-state index contributed by atoms with van der Waals surface area (Å²) in [5.41, 5.74) is 0.978. The van der Waals surface area contributed by atoms with Gasteiger partial charge in [0.2, 0.25) is 0 Å². The molecule has 0 aliphatic rings. The molecular weight excluding hydrogens is 403 g/mol. The van der Waals surface area contributed by atoms with Crippen molar-refractivity contribution in [3.8, 4) is 6.01 Å². The van der Waals surface area contributed by atoms with E-state index >= 15 is 0 Å². The van der Waals surface area contributed by atoms with Crippen LogP contribution >= 0.6 is 0 Å². The number of rotatable bonds is 10. The molecule has 2 rings (SSSR count). The summed E-state index contributed by atoms with van der Waals surface area (Å²) in [7, 11) is 1.40. The Bertz CT molecular complexity index is 844. The fraction of sp³-hybridized carbons (Fsp3) is 0.450. The van der Waals surface area contributed by atoms with Crippen molar-refractivity contribution in [3.63, 3.8) is 0 Å². The van der Waals surface area contributed by atoms with Gasteiger partial charge in [-0.3, -0.25) is 4.79 Å². The Morgan fingerprint density at radius 1 is 1.23 bits per heavy atom. The van der Waals surface area contributed by atoms with Gasteiger partial charge in [-0.15, -0.1) is 0 Å². The Morgan fingerprint density at radius 3 is 2.40 bits per heavy atom. The number of hydrogen-bond acceptors (Lipinski definition) is 6. The fourth-order valence-corrected chi connectivity index (χ4v) is 3.04. The minimum absolute atomic E-state index is 0.115. The first-order valence-electron chi connectivity index (χ1n) is 9.36. The summed E-state index contributed by atoms with van der Waals surface area (Å²) in [5.74, 6) is -1.33. The van der Waals surface area contributed by atoms with Crippen LogP contribution in [0.2, 0.25) is 0 Å². The maximum atomic E-state index is 13.6. The lowest BCUT2D eigenvalue weighted by Gasteiger charge is -2.25. The van der Waals surface area contributed by atoms with E-state index in [2.05, 4.69) is 15.3 Å². The molecule has 1 unspecified atom stereocenters. The molecule has 30 heavy (non-hydrogen) atoms. The number of aliphatic carboxylic acids is 1. The van der Waals surface area contributed by atoms with E-state index in [1.54, 1.807) is 0 Å². The third-order valence-electron chi connectivity index (χ3n) is 4.47. The van der Waals surface area contributed by atoms with Gasteiger partial charge in [-0.25, -0.2) is 9.97 Å². The fourth-order valence-electron chi connectivity index (χ4n) is 3.04. The molecule has 1 aromatic carbocycles. The average Bonchev–Trinajstić information content (AvgIpc) is 2.70. The molecule has 2 aromatic rings. The van der Waals surface area contributed by atoms with E-state index in [4.69, 9.17) is 14.6 Å². The van der Waals surface area contributed by atoms with Crippen molar-refractivity contribution >= 4 is 17.3 Å². The van der Waals surface area contributed by atoms with Crippen LogP contribution < -0.4 is 10.1 Å². The number of anilines is 2. The number of benzene rings is 1. The predicted molar refractivity (Wildman–Crippen MR) is 104 cm³/mol. The van der Waals surface area contributed by atoms with Gasteiger partial charge in [-0.1, -0.05) is 19.1 Å². The number of nitrogens with one attached hydrogen (secondary N) is 1. The van der Waals surface area contributed by atoms with Crippen LogP contribution in [-0.2, 0) is 9.53 Å². The van der Waals surface area contributed by atoms with Crippen LogP contribution in [0.15, 0.2) is 30.6 Å². The number of carbonyl (C=O) groups is 1. The molecule has 0 aliphatic heterocycles. The first-order valence-corrected chi connectivity index (χ1v) is 9.36. The number of carboxylic acids is 1. The lowest BCUT2D eigenvalue weighted by atomic mass is 9.91. The molecule has 0 radical (unpaired) electrons. The van der Waals surface area contributed by atoms with Crippen LogP contribution in [0.25, 0.3) is 0 Å². The molecular formula is C20H24F3N3O4. The molecule has 0 fully saturated rings. The van der Waals surface area contributed by atoms with E-state index in [-0.39, 0.29) is 36.2 Å². The van der Waals surface area contributed by atoms with Gasteiger partial charge in [-0.05, 0) is 30.9 Å². The third kappa shape index (κ3) is 6.06. The predicted octanol–water partition coefficient (Wildman–Crippen LogP) is 4.84. The van der Waals surface area contributed by atoms with Gasteiger partial charge in [-0.2, -0.15) is 13.2 Å². The van der Waals surface area contributed by atoms with Crippen LogP contribution in [0, 0.1) is 0 Å². The van der Waals surface area contributed by atoms with Crippen molar-refractivity contribution < 1.29 is 32.5 Å². The lowest BCUT2D eigenvalue weighted by molar-refractivity contribution is -0.222. The summed E-state index contributed by atoms with van der Waals surface area (Å²) in [6.45, 7) is 3.18. The van der Waals surface area contributed by atoms with E-state index in [0.29, 0.717) is 17.7 Å². The first-order chi connectivity index (χ1) is 14.2. The van der Waals surface area contributed by atoms with Crippen LogP contribution in [0.3, 0.4) is 0 Å². The number of ether oxygens (including phenoxy) is 2. The molecule has 0 amide bonds. The molecule has 7 nitrogen and oxygen atoms in total. The number of alkyl halides is 3. The molecule has 0 aliphatic carbocycles. The first kappa shape index (κ1) is 23.4. The summed E-state index contributed by atoms with van der Waals surface area (Å²) in [4.78, 5) is 19.0. The van der Waals surface area contributed by atoms with Crippen molar-refractivity contribution in [1.82, 2.24) is 9.97 Å². The molecule has 2 atom stereocenters.